The maximum absolute atomic E-state index is 11.1. The number of ketones is 1. The summed E-state index contributed by atoms with van der Waals surface area (Å²) in [5.74, 6) is 1.30. The summed E-state index contributed by atoms with van der Waals surface area (Å²) in [6, 6.07) is 0.839. The van der Waals surface area contributed by atoms with Crippen LogP contribution in [0, 0.1) is 5.92 Å². The van der Waals surface area contributed by atoms with Crippen LogP contribution in [0.5, 0.6) is 0 Å². The first-order valence-corrected chi connectivity index (χ1v) is 8.01. The van der Waals surface area contributed by atoms with Gasteiger partial charge < -0.3 is 9.69 Å². The van der Waals surface area contributed by atoms with Crippen LogP contribution in [0.25, 0.3) is 0 Å². The van der Waals surface area contributed by atoms with E-state index >= 15 is 0 Å². The third kappa shape index (κ3) is 5.43. The predicted molar refractivity (Wildman–Crippen MR) is 83.0 cm³/mol. The van der Waals surface area contributed by atoms with Gasteiger partial charge in [-0.15, -0.1) is 12.4 Å². The Morgan fingerprint density at radius 1 is 1.05 bits per heavy atom. The Bertz CT molecular complexity index is 263. The van der Waals surface area contributed by atoms with Crippen LogP contribution in [0.15, 0.2) is 0 Å². The van der Waals surface area contributed by atoms with Crippen molar-refractivity contribution < 1.29 is 4.79 Å². The molecule has 2 aliphatic rings. The molecule has 2 rings (SSSR count). The summed E-state index contributed by atoms with van der Waals surface area (Å²) in [4.78, 5) is 13.8. The summed E-state index contributed by atoms with van der Waals surface area (Å²) >= 11 is 0. The van der Waals surface area contributed by atoms with Gasteiger partial charge in [0.1, 0.15) is 5.78 Å². The molecule has 1 unspecified atom stereocenters. The molecule has 0 amide bonds. The summed E-state index contributed by atoms with van der Waals surface area (Å²) in [5.41, 5.74) is 0. The minimum atomic E-state index is 0. The van der Waals surface area contributed by atoms with Crippen molar-refractivity contribution in [2.45, 2.75) is 77.2 Å². The van der Waals surface area contributed by atoms with Crippen LogP contribution in [0.3, 0.4) is 0 Å². The van der Waals surface area contributed by atoms with E-state index in [2.05, 4.69) is 4.90 Å². The van der Waals surface area contributed by atoms with Crippen LogP contribution in [0.4, 0.5) is 0 Å². The number of halogens is 1. The highest BCUT2D eigenvalue weighted by molar-refractivity contribution is 5.85. The van der Waals surface area contributed by atoms with E-state index in [1.54, 1.807) is 6.92 Å². The lowest BCUT2D eigenvalue weighted by atomic mass is 9.80. The molecule has 0 aromatic carbocycles. The Morgan fingerprint density at radius 3 is 2.42 bits per heavy atom. The van der Waals surface area contributed by atoms with Crippen LogP contribution in [0.1, 0.15) is 71.1 Å². The van der Waals surface area contributed by atoms with Gasteiger partial charge in [0.2, 0.25) is 0 Å². The van der Waals surface area contributed by atoms with Gasteiger partial charge in [-0.25, -0.2) is 0 Å². The SMILES string of the molecule is CC(=O)CCCN1CCCCC1C1CCCCC1.Cl. The number of carbonyl (C=O) groups excluding carboxylic acids is 1. The highest BCUT2D eigenvalue weighted by Crippen LogP contribution is 2.33. The first-order valence-electron chi connectivity index (χ1n) is 8.01. The van der Waals surface area contributed by atoms with Gasteiger partial charge in [-0.05, 0) is 58.0 Å². The van der Waals surface area contributed by atoms with Crippen LogP contribution in [-0.2, 0) is 4.79 Å². The fourth-order valence-corrected chi connectivity index (χ4v) is 3.88. The molecule has 0 bridgehead atoms. The second-order valence-corrected chi connectivity index (χ2v) is 6.30. The molecular weight excluding hydrogens is 258 g/mol. The lowest BCUT2D eigenvalue weighted by Gasteiger charge is -2.42. The van der Waals surface area contributed by atoms with Crippen LogP contribution in [-0.4, -0.2) is 29.8 Å². The fourth-order valence-electron chi connectivity index (χ4n) is 3.88. The molecule has 0 aromatic rings. The second-order valence-electron chi connectivity index (χ2n) is 6.30. The molecule has 1 aliphatic heterocycles. The summed E-state index contributed by atoms with van der Waals surface area (Å²) < 4.78 is 0. The molecule has 1 aliphatic carbocycles. The Kier molecular flexibility index (Phi) is 8.01. The third-order valence-electron chi connectivity index (χ3n) is 4.83. The predicted octanol–water partition coefficient (Wildman–Crippen LogP) is 4.21. The number of Topliss-reactive ketones (excluding diaryl/α,β-unsaturated/α-hetero) is 1. The molecule has 1 heterocycles. The highest BCUT2D eigenvalue weighted by Gasteiger charge is 2.30. The number of hydrogen-bond donors (Lipinski definition) is 0. The minimum absolute atomic E-state index is 0. The number of rotatable bonds is 5. The monoisotopic (exact) mass is 287 g/mol. The van der Waals surface area contributed by atoms with Gasteiger partial charge in [-0.2, -0.15) is 0 Å². The molecule has 19 heavy (non-hydrogen) atoms. The van der Waals surface area contributed by atoms with Crippen molar-refractivity contribution in [2.75, 3.05) is 13.1 Å². The third-order valence-corrected chi connectivity index (χ3v) is 4.83. The zero-order valence-corrected chi connectivity index (χ0v) is 13.2. The Hall–Kier alpha value is -0.0800. The molecule has 1 saturated heterocycles. The lowest BCUT2D eigenvalue weighted by Crippen LogP contribution is -2.45. The first kappa shape index (κ1) is 17.0. The summed E-state index contributed by atoms with van der Waals surface area (Å²) in [7, 11) is 0. The van der Waals surface area contributed by atoms with Gasteiger partial charge in [0, 0.05) is 12.5 Å². The van der Waals surface area contributed by atoms with Crippen LogP contribution in [0.2, 0.25) is 0 Å². The van der Waals surface area contributed by atoms with E-state index in [4.69, 9.17) is 0 Å². The van der Waals surface area contributed by atoms with Crippen molar-refractivity contribution in [3.8, 4) is 0 Å². The van der Waals surface area contributed by atoms with Gasteiger partial charge in [-0.3, -0.25) is 0 Å². The molecule has 0 radical (unpaired) electrons. The van der Waals surface area contributed by atoms with Gasteiger partial charge in [-0.1, -0.05) is 25.7 Å². The number of nitrogens with zero attached hydrogens (tertiary/aromatic N) is 1. The minimum Gasteiger partial charge on any atom is -0.300 e. The van der Waals surface area contributed by atoms with E-state index in [0.29, 0.717) is 5.78 Å². The Morgan fingerprint density at radius 2 is 1.74 bits per heavy atom. The molecular formula is C16H30ClNO. The fraction of sp³-hybridized carbons (Fsp3) is 0.938. The molecule has 1 atom stereocenters. The summed E-state index contributed by atoms with van der Waals surface area (Å²) in [6.45, 7) is 4.15. The normalized spacial score (nSPS) is 25.8. The van der Waals surface area contributed by atoms with Gasteiger partial charge in [0.15, 0.2) is 0 Å². The molecule has 112 valence electrons. The molecule has 1 saturated carbocycles. The van der Waals surface area contributed by atoms with E-state index in [9.17, 15) is 4.79 Å². The molecule has 0 spiro atoms. The molecule has 2 nitrogen and oxygen atoms in total. The molecule has 2 fully saturated rings. The average molecular weight is 288 g/mol. The number of hydrogen-bond acceptors (Lipinski definition) is 2. The largest absolute Gasteiger partial charge is 0.300 e. The van der Waals surface area contributed by atoms with Crippen molar-refractivity contribution in [1.82, 2.24) is 4.90 Å². The second kappa shape index (κ2) is 8.97. The molecule has 3 heteroatoms. The van der Waals surface area contributed by atoms with Crippen LogP contribution >= 0.6 is 12.4 Å². The zero-order chi connectivity index (χ0) is 12.8. The number of likely N-dealkylation sites (tertiary alicyclic amines) is 1. The van der Waals surface area contributed by atoms with Crippen molar-refractivity contribution in [3.05, 3.63) is 0 Å². The van der Waals surface area contributed by atoms with Crippen molar-refractivity contribution in [2.24, 2.45) is 5.92 Å². The van der Waals surface area contributed by atoms with Crippen molar-refractivity contribution in [1.29, 1.82) is 0 Å². The van der Waals surface area contributed by atoms with Gasteiger partial charge in [0.05, 0.1) is 0 Å². The van der Waals surface area contributed by atoms with E-state index in [-0.39, 0.29) is 12.4 Å². The maximum Gasteiger partial charge on any atom is 0.129 e. The average Bonchev–Trinajstić information content (AvgIpc) is 2.40. The van der Waals surface area contributed by atoms with E-state index in [1.165, 1.54) is 57.9 Å². The van der Waals surface area contributed by atoms with Gasteiger partial charge >= 0.3 is 0 Å². The smallest absolute Gasteiger partial charge is 0.129 e. The zero-order valence-electron chi connectivity index (χ0n) is 12.4. The quantitative estimate of drug-likeness (QED) is 0.755. The summed E-state index contributed by atoms with van der Waals surface area (Å²) in [5, 5.41) is 0. The first-order chi connectivity index (χ1) is 8.77. The molecule has 0 aromatic heterocycles. The van der Waals surface area contributed by atoms with Crippen molar-refractivity contribution in [3.63, 3.8) is 0 Å². The van der Waals surface area contributed by atoms with E-state index in [0.717, 1.165) is 31.3 Å². The standard InChI is InChI=1S/C16H29NO.ClH/c1-14(18)8-7-13-17-12-6-5-11-16(17)15-9-3-2-4-10-15;/h15-16H,2-13H2,1H3;1H. The van der Waals surface area contributed by atoms with E-state index < -0.39 is 0 Å². The number of carbonyl (C=O) groups is 1. The highest BCUT2D eigenvalue weighted by atomic mass is 35.5. The van der Waals surface area contributed by atoms with Gasteiger partial charge in [0.25, 0.3) is 0 Å². The molecule has 0 N–H and O–H groups in total. The number of piperidine rings is 1. The Labute approximate surface area is 124 Å². The van der Waals surface area contributed by atoms with Crippen molar-refractivity contribution >= 4 is 18.2 Å². The topological polar surface area (TPSA) is 20.3 Å². The van der Waals surface area contributed by atoms with E-state index in [1.807, 2.05) is 0 Å². The maximum atomic E-state index is 11.1. The van der Waals surface area contributed by atoms with Crippen LogP contribution < -0.4 is 0 Å². The Balaban J connectivity index is 0.00000180. The summed E-state index contributed by atoms with van der Waals surface area (Å²) in [6.07, 6.45) is 13.3. The lowest BCUT2D eigenvalue weighted by molar-refractivity contribution is -0.117.